The fourth-order valence-electron chi connectivity index (χ4n) is 11.6. The number of nitrogens with zero attached hydrogens (tertiary/aromatic N) is 3. The predicted molar refractivity (Wildman–Crippen MR) is 209 cm³/mol. The number of amides is 2. The van der Waals surface area contributed by atoms with Crippen LogP contribution in [0, 0.1) is 46.3 Å². The summed E-state index contributed by atoms with van der Waals surface area (Å²) in [5.41, 5.74) is -0.555. The maximum absolute atomic E-state index is 13.1. The number of rotatable bonds is 23. The average molecular weight is 840 g/mol. The zero-order valence-corrected chi connectivity index (χ0v) is 34.5. The van der Waals surface area contributed by atoms with E-state index >= 15 is 0 Å². The van der Waals surface area contributed by atoms with Gasteiger partial charge in [0.15, 0.2) is 0 Å². The van der Waals surface area contributed by atoms with E-state index in [9.17, 15) is 59.1 Å². The van der Waals surface area contributed by atoms with Crippen LogP contribution in [0.1, 0.15) is 78.6 Å². The van der Waals surface area contributed by atoms with Gasteiger partial charge in [0.25, 0.3) is 0 Å². The van der Waals surface area contributed by atoms with Crippen LogP contribution >= 0.6 is 0 Å². The van der Waals surface area contributed by atoms with Gasteiger partial charge in [-0.1, -0.05) is 20.8 Å². The highest BCUT2D eigenvalue weighted by Gasteiger charge is 2.65. The molecule has 19 nitrogen and oxygen atoms in total. The van der Waals surface area contributed by atoms with Crippen molar-refractivity contribution in [2.45, 2.75) is 96.8 Å². The summed E-state index contributed by atoms with van der Waals surface area (Å²) in [7, 11) is 0. The van der Waals surface area contributed by atoms with Crippen molar-refractivity contribution in [2.24, 2.45) is 46.3 Å². The average Bonchev–Trinajstić information content (AvgIpc) is 3.49. The van der Waals surface area contributed by atoms with Crippen LogP contribution in [0.3, 0.4) is 0 Å². The van der Waals surface area contributed by atoms with Gasteiger partial charge in [0.05, 0.1) is 51.5 Å². The molecule has 59 heavy (non-hydrogen) atoms. The van der Waals surface area contributed by atoms with Gasteiger partial charge in [-0.3, -0.25) is 48.3 Å². The minimum absolute atomic E-state index is 0.0293. The van der Waals surface area contributed by atoms with Crippen LogP contribution in [0.4, 0.5) is 0 Å². The molecule has 0 radical (unpaired) electrons. The second-order valence-electron chi connectivity index (χ2n) is 18.1. The molecule has 4 saturated carbocycles. The lowest BCUT2D eigenvalue weighted by molar-refractivity contribution is -0.202. The van der Waals surface area contributed by atoms with E-state index in [1.165, 1.54) is 9.80 Å². The maximum atomic E-state index is 13.1. The molecule has 0 aromatic carbocycles. The molecule has 0 bridgehead atoms. The molecule has 334 valence electrons. The van der Waals surface area contributed by atoms with Gasteiger partial charge in [-0.15, -0.1) is 0 Å². The largest absolute Gasteiger partial charge is 0.481 e. The molecule has 2 amide bonds. The topological polar surface area (TPSA) is 295 Å². The van der Waals surface area contributed by atoms with Gasteiger partial charge in [-0.25, -0.2) is 0 Å². The van der Waals surface area contributed by atoms with Crippen LogP contribution in [-0.4, -0.2) is 176 Å². The summed E-state index contributed by atoms with van der Waals surface area (Å²) < 4.78 is 0. The summed E-state index contributed by atoms with van der Waals surface area (Å²) in [6.07, 6.45) is 4.56. The van der Waals surface area contributed by atoms with Crippen molar-refractivity contribution in [1.29, 1.82) is 0 Å². The monoisotopic (exact) mass is 839 g/mol. The molecule has 4 rings (SSSR count). The van der Waals surface area contributed by atoms with E-state index in [1.807, 2.05) is 0 Å². The van der Waals surface area contributed by atoms with Crippen LogP contribution < -0.4 is 10.6 Å². The Bertz CT molecular complexity index is 1530. The third-order valence-electron chi connectivity index (χ3n) is 14.4. The summed E-state index contributed by atoms with van der Waals surface area (Å²) in [5, 5.41) is 75.4. The molecule has 19 heteroatoms. The van der Waals surface area contributed by atoms with E-state index in [0.717, 1.165) is 24.2 Å². The lowest BCUT2D eigenvalue weighted by atomic mass is 9.43. The van der Waals surface area contributed by atoms with E-state index < -0.39 is 92.0 Å². The van der Waals surface area contributed by atoms with Crippen molar-refractivity contribution in [2.75, 3.05) is 65.4 Å². The maximum Gasteiger partial charge on any atom is 0.317 e. The Morgan fingerprint density at radius 1 is 0.661 bits per heavy atom. The van der Waals surface area contributed by atoms with Crippen LogP contribution in [0.2, 0.25) is 0 Å². The number of hydrogen-bond acceptors (Lipinski definition) is 12. The summed E-state index contributed by atoms with van der Waals surface area (Å²) in [6, 6.07) is -0.198. The first-order chi connectivity index (χ1) is 27.6. The first kappa shape index (κ1) is 47.8. The number of aliphatic hydroxyl groups excluding tert-OH is 2. The molecule has 0 aromatic heterocycles. The normalized spacial score (nSPS) is 31.8. The van der Waals surface area contributed by atoms with Crippen molar-refractivity contribution in [1.82, 2.24) is 25.3 Å². The zero-order valence-electron chi connectivity index (χ0n) is 34.5. The Balaban J connectivity index is 1.28. The van der Waals surface area contributed by atoms with Gasteiger partial charge >= 0.3 is 29.8 Å². The number of hydrogen-bond donors (Lipinski definition) is 9. The summed E-state index contributed by atoms with van der Waals surface area (Å²) in [4.78, 5) is 86.4. The van der Waals surface area contributed by atoms with Crippen molar-refractivity contribution < 1.29 is 69.3 Å². The quantitative estimate of drug-likeness (QED) is 0.0651. The number of carbonyl (C=O) groups excluding carboxylic acids is 2. The Kier molecular flexibility index (Phi) is 16.7. The predicted octanol–water partition coefficient (Wildman–Crippen LogP) is -0.0668. The molecule has 6 unspecified atom stereocenters. The third kappa shape index (κ3) is 12.3. The standard InChI is InChI=1S/C40H65N5O14/c1-23(4-7-33(50)51)26-5-6-27-38-28(16-30(47)40(26,27)3)39(2)9-8-25(14-24(39)15-29(38)46)42-31(48)17-41-32(49)18-44(20-35(54)55)12-10-43(19-34(52)53)11-13-45(21-36(56)57)22-37(58)59/h23-30,38,46-47H,4-22H2,1-3H3,(H,41,49)(H,42,48)(H,50,51)(H,52,53)(H,54,55)(H,56,57)(H,58,59)/t23?,24?,25-,26+,27?,28?,29?,30-,38?,39-,40+/m0/s1. The third-order valence-corrected chi connectivity index (χ3v) is 14.4. The van der Waals surface area contributed by atoms with Crippen molar-refractivity contribution in [3.8, 4) is 0 Å². The van der Waals surface area contributed by atoms with Gasteiger partial charge in [0, 0.05) is 38.6 Å². The number of aliphatic carboxylic acids is 5. The fraction of sp³-hybridized carbons (Fsp3) is 0.825. The number of carboxylic acids is 5. The van der Waals surface area contributed by atoms with E-state index in [-0.39, 0.29) is 86.1 Å². The van der Waals surface area contributed by atoms with Crippen LogP contribution in [-0.2, 0) is 33.6 Å². The van der Waals surface area contributed by atoms with E-state index in [2.05, 4.69) is 31.4 Å². The van der Waals surface area contributed by atoms with E-state index in [4.69, 9.17) is 10.2 Å². The number of carboxylic acid groups (broad SMARTS) is 5. The number of aliphatic hydroxyl groups is 2. The number of fused-ring (bicyclic) bond motifs is 5. The molecule has 0 heterocycles. The first-order valence-corrected chi connectivity index (χ1v) is 20.8. The molecular weight excluding hydrogens is 774 g/mol. The molecule has 0 saturated heterocycles. The van der Waals surface area contributed by atoms with Crippen LogP contribution in [0.15, 0.2) is 0 Å². The first-order valence-electron chi connectivity index (χ1n) is 20.8. The molecule has 4 aliphatic carbocycles. The summed E-state index contributed by atoms with van der Waals surface area (Å²) >= 11 is 0. The zero-order chi connectivity index (χ0) is 43.8. The van der Waals surface area contributed by atoms with Crippen LogP contribution in [0.5, 0.6) is 0 Å². The lowest BCUT2D eigenvalue weighted by Crippen LogP contribution is -2.63. The van der Waals surface area contributed by atoms with Crippen molar-refractivity contribution >= 4 is 41.7 Å². The molecule has 11 atom stereocenters. The number of nitrogens with one attached hydrogen (secondary N) is 2. The summed E-state index contributed by atoms with van der Waals surface area (Å²) in [6.45, 7) is 3.25. The van der Waals surface area contributed by atoms with Gasteiger partial charge in [-0.2, -0.15) is 0 Å². The second-order valence-corrected chi connectivity index (χ2v) is 18.1. The van der Waals surface area contributed by atoms with Crippen LogP contribution in [0.25, 0.3) is 0 Å². The molecule has 0 aliphatic heterocycles. The smallest absolute Gasteiger partial charge is 0.317 e. The van der Waals surface area contributed by atoms with Gasteiger partial charge in [0.1, 0.15) is 0 Å². The van der Waals surface area contributed by atoms with Crippen molar-refractivity contribution in [3.05, 3.63) is 0 Å². The second kappa shape index (κ2) is 20.6. The van der Waals surface area contributed by atoms with E-state index in [1.54, 1.807) is 0 Å². The number of carbonyl (C=O) groups is 7. The Labute approximate surface area is 344 Å². The molecule has 9 N–H and O–H groups in total. The van der Waals surface area contributed by atoms with Gasteiger partial charge in [0.2, 0.25) is 11.8 Å². The molecule has 0 spiro atoms. The lowest BCUT2D eigenvalue weighted by Gasteiger charge is -2.63. The highest BCUT2D eigenvalue weighted by molar-refractivity contribution is 5.86. The highest BCUT2D eigenvalue weighted by Crippen LogP contribution is 2.68. The summed E-state index contributed by atoms with van der Waals surface area (Å²) in [5.74, 6) is -6.20. The molecule has 4 fully saturated rings. The highest BCUT2D eigenvalue weighted by atomic mass is 16.4. The molecule has 4 aliphatic rings. The Hall–Kier alpha value is -3.91. The van der Waals surface area contributed by atoms with E-state index in [0.29, 0.717) is 32.1 Å². The fourth-order valence-corrected chi connectivity index (χ4v) is 11.6. The minimum atomic E-state index is -1.26. The Morgan fingerprint density at radius 3 is 1.76 bits per heavy atom. The Morgan fingerprint density at radius 2 is 1.20 bits per heavy atom. The molecule has 0 aromatic rings. The SMILES string of the molecule is CC(CCC(=O)O)[C@H]1CCC2C3C(O)CC4C[C@@H](NC(=O)CNC(=O)CN(CCN(CCN(CC(=O)O)CC(=O)O)CC(=O)O)CC(=O)O)CC[C@]4(C)C3C[C@H](O)[C@@]21C. The molecular formula is C40H65N5O14. The van der Waals surface area contributed by atoms with Gasteiger partial charge < -0.3 is 46.4 Å². The van der Waals surface area contributed by atoms with Gasteiger partial charge in [-0.05, 0) is 97.7 Å². The van der Waals surface area contributed by atoms with Crippen molar-refractivity contribution in [3.63, 3.8) is 0 Å². The minimum Gasteiger partial charge on any atom is -0.481 e.